The van der Waals surface area contributed by atoms with E-state index in [4.69, 9.17) is 14.6 Å². The van der Waals surface area contributed by atoms with Gasteiger partial charge in [0.1, 0.15) is 0 Å². The van der Waals surface area contributed by atoms with E-state index in [0.29, 0.717) is 19.6 Å². The van der Waals surface area contributed by atoms with Gasteiger partial charge in [-0.1, -0.05) is 24.0 Å². The van der Waals surface area contributed by atoms with Crippen LogP contribution in [0.15, 0.2) is 24.3 Å². The molecule has 1 aromatic rings. The van der Waals surface area contributed by atoms with Gasteiger partial charge in [0.2, 0.25) is 0 Å². The molecule has 110 valence electrons. The van der Waals surface area contributed by atoms with Gasteiger partial charge in [0.25, 0.3) is 0 Å². The molecule has 0 aliphatic carbocycles. The van der Waals surface area contributed by atoms with E-state index in [1.54, 1.807) is 7.11 Å². The Kier molecular flexibility index (Phi) is 7.32. The molecule has 0 heterocycles. The van der Waals surface area contributed by atoms with Crippen molar-refractivity contribution >= 4 is 0 Å². The molecule has 1 N–H and O–H groups in total. The van der Waals surface area contributed by atoms with E-state index >= 15 is 0 Å². The number of benzene rings is 1. The quantitative estimate of drug-likeness (QED) is 0.615. The van der Waals surface area contributed by atoms with Crippen LogP contribution in [0.3, 0.4) is 0 Å². The molecule has 0 atom stereocenters. The Morgan fingerprint density at radius 2 is 1.90 bits per heavy atom. The first-order valence-corrected chi connectivity index (χ1v) is 6.89. The molecular weight excluding hydrogens is 252 g/mol. The topological polar surface area (TPSA) is 38.7 Å². The lowest BCUT2D eigenvalue weighted by Gasteiger charge is -2.22. The van der Waals surface area contributed by atoms with Gasteiger partial charge in [-0.05, 0) is 38.0 Å². The van der Waals surface area contributed by atoms with Crippen molar-refractivity contribution in [2.45, 2.75) is 38.9 Å². The molecule has 0 amide bonds. The number of ether oxygens (including phenoxy) is 2. The number of hydrogen-bond donors (Lipinski definition) is 1. The lowest BCUT2D eigenvalue weighted by atomic mass is 10.1. The lowest BCUT2D eigenvalue weighted by Crippen LogP contribution is -2.24. The van der Waals surface area contributed by atoms with Gasteiger partial charge >= 0.3 is 0 Å². The van der Waals surface area contributed by atoms with E-state index in [9.17, 15) is 0 Å². The summed E-state index contributed by atoms with van der Waals surface area (Å²) in [5.74, 6) is 5.90. The monoisotopic (exact) mass is 276 g/mol. The molecule has 0 bridgehead atoms. The first-order chi connectivity index (χ1) is 9.57. The zero-order valence-corrected chi connectivity index (χ0v) is 12.6. The van der Waals surface area contributed by atoms with Crippen LogP contribution in [0, 0.1) is 11.8 Å². The predicted molar refractivity (Wildman–Crippen MR) is 80.4 cm³/mol. The lowest BCUT2D eigenvalue weighted by molar-refractivity contribution is -0.0124. The van der Waals surface area contributed by atoms with Crippen molar-refractivity contribution in [1.29, 1.82) is 0 Å². The van der Waals surface area contributed by atoms with E-state index in [1.165, 1.54) is 0 Å². The zero-order chi connectivity index (χ0) is 14.8. The highest BCUT2D eigenvalue weighted by Gasteiger charge is 2.15. The highest BCUT2D eigenvalue weighted by Crippen LogP contribution is 2.13. The number of aliphatic hydroxyl groups excluding tert-OH is 1. The third kappa shape index (κ3) is 6.72. The fourth-order valence-electron chi connectivity index (χ4n) is 1.51. The molecule has 0 radical (unpaired) electrons. The summed E-state index contributed by atoms with van der Waals surface area (Å²) in [4.78, 5) is 0. The number of aliphatic hydroxyl groups is 1. The second-order valence-corrected chi connectivity index (χ2v) is 5.24. The normalized spacial score (nSPS) is 11.0. The van der Waals surface area contributed by atoms with Crippen LogP contribution in [-0.2, 0) is 16.1 Å². The van der Waals surface area contributed by atoms with Gasteiger partial charge in [-0.2, -0.15) is 0 Å². The van der Waals surface area contributed by atoms with Gasteiger partial charge in [0, 0.05) is 25.7 Å². The average Bonchev–Trinajstić information content (AvgIpc) is 2.45. The van der Waals surface area contributed by atoms with E-state index in [-0.39, 0.29) is 12.2 Å². The Morgan fingerprint density at radius 3 is 2.50 bits per heavy atom. The Morgan fingerprint density at radius 1 is 1.20 bits per heavy atom. The van der Waals surface area contributed by atoms with Crippen molar-refractivity contribution in [3.8, 4) is 11.8 Å². The molecule has 3 nitrogen and oxygen atoms in total. The van der Waals surface area contributed by atoms with Gasteiger partial charge in [-0.25, -0.2) is 0 Å². The van der Waals surface area contributed by atoms with E-state index < -0.39 is 0 Å². The molecule has 0 fully saturated rings. The van der Waals surface area contributed by atoms with Crippen molar-refractivity contribution in [2.75, 3.05) is 20.3 Å². The molecule has 20 heavy (non-hydrogen) atoms. The van der Waals surface area contributed by atoms with Crippen LogP contribution in [0.2, 0.25) is 0 Å². The number of methoxy groups -OCH3 is 1. The molecule has 0 saturated carbocycles. The minimum absolute atomic E-state index is 0.108. The summed E-state index contributed by atoms with van der Waals surface area (Å²) < 4.78 is 11.0. The minimum Gasteiger partial charge on any atom is -0.395 e. The fourth-order valence-corrected chi connectivity index (χ4v) is 1.51. The average molecular weight is 276 g/mol. The van der Waals surface area contributed by atoms with Crippen LogP contribution in [0.4, 0.5) is 0 Å². The van der Waals surface area contributed by atoms with Crippen LogP contribution < -0.4 is 0 Å². The maximum atomic E-state index is 8.66. The van der Waals surface area contributed by atoms with Crippen LogP contribution in [0.1, 0.15) is 37.8 Å². The molecule has 0 saturated heterocycles. The summed E-state index contributed by atoms with van der Waals surface area (Å²) in [5, 5.41) is 8.66. The summed E-state index contributed by atoms with van der Waals surface area (Å²) >= 11 is 0. The van der Waals surface area contributed by atoms with Crippen LogP contribution in [-0.4, -0.2) is 31.0 Å². The van der Waals surface area contributed by atoms with E-state index in [0.717, 1.165) is 17.5 Å². The molecule has 3 heteroatoms. The summed E-state index contributed by atoms with van der Waals surface area (Å²) in [6.07, 6.45) is 1.38. The van der Waals surface area contributed by atoms with Crippen LogP contribution in [0.5, 0.6) is 0 Å². The Bertz CT molecular complexity index is 438. The molecule has 0 aliphatic rings. The summed E-state index contributed by atoms with van der Waals surface area (Å²) in [6.45, 7) is 5.49. The molecule has 0 aliphatic heterocycles. The fraction of sp³-hybridized carbons (Fsp3) is 0.529. The van der Waals surface area contributed by atoms with Crippen molar-refractivity contribution < 1.29 is 14.6 Å². The van der Waals surface area contributed by atoms with Crippen LogP contribution in [0.25, 0.3) is 0 Å². The second kappa shape index (κ2) is 8.76. The molecule has 1 aromatic carbocycles. The maximum absolute atomic E-state index is 8.66. The highest BCUT2D eigenvalue weighted by atomic mass is 16.5. The van der Waals surface area contributed by atoms with Crippen molar-refractivity contribution in [1.82, 2.24) is 0 Å². The van der Waals surface area contributed by atoms with Crippen LogP contribution >= 0.6 is 0 Å². The minimum atomic E-state index is -0.133. The Balaban J connectivity index is 2.34. The number of hydrogen-bond acceptors (Lipinski definition) is 3. The van der Waals surface area contributed by atoms with Gasteiger partial charge in [-0.3, -0.25) is 0 Å². The Labute approximate surface area is 121 Å². The van der Waals surface area contributed by atoms with Gasteiger partial charge in [-0.15, -0.1) is 0 Å². The largest absolute Gasteiger partial charge is 0.395 e. The number of rotatable bonds is 7. The van der Waals surface area contributed by atoms with E-state index in [2.05, 4.69) is 25.7 Å². The molecule has 0 aromatic heterocycles. The SMILES string of the molecule is COC(C)(C)CCOCc1ccc(C#CCCO)cc1. The molecule has 0 spiro atoms. The predicted octanol–water partition coefficient (Wildman–Crippen LogP) is 2.75. The maximum Gasteiger partial charge on any atom is 0.0716 e. The van der Waals surface area contributed by atoms with Gasteiger partial charge in [0.05, 0.1) is 18.8 Å². The Hall–Kier alpha value is -1.34. The standard InChI is InChI=1S/C17H24O3/c1-17(2,19-3)11-13-20-14-16-9-7-15(8-10-16)6-4-5-12-18/h7-10,18H,5,11-14H2,1-3H3. The third-order valence-electron chi connectivity index (χ3n) is 3.09. The van der Waals surface area contributed by atoms with Crippen molar-refractivity contribution in [3.05, 3.63) is 35.4 Å². The van der Waals surface area contributed by atoms with Gasteiger partial charge < -0.3 is 14.6 Å². The van der Waals surface area contributed by atoms with Crippen molar-refractivity contribution in [2.24, 2.45) is 0 Å². The van der Waals surface area contributed by atoms with Gasteiger partial charge in [0.15, 0.2) is 0 Å². The second-order valence-electron chi connectivity index (χ2n) is 5.24. The summed E-state index contributed by atoms with van der Waals surface area (Å²) in [5.41, 5.74) is 1.96. The smallest absolute Gasteiger partial charge is 0.0716 e. The third-order valence-corrected chi connectivity index (χ3v) is 3.09. The summed E-state index contributed by atoms with van der Waals surface area (Å²) in [7, 11) is 1.72. The first-order valence-electron chi connectivity index (χ1n) is 6.89. The highest BCUT2D eigenvalue weighted by molar-refractivity contribution is 5.35. The first kappa shape index (κ1) is 16.7. The molecule has 0 unspecified atom stereocenters. The van der Waals surface area contributed by atoms with E-state index in [1.807, 2.05) is 24.3 Å². The molecular formula is C17H24O3. The zero-order valence-electron chi connectivity index (χ0n) is 12.6. The summed E-state index contributed by atoms with van der Waals surface area (Å²) in [6, 6.07) is 7.99. The van der Waals surface area contributed by atoms with Crippen molar-refractivity contribution in [3.63, 3.8) is 0 Å². The molecule has 1 rings (SSSR count).